The molecule has 3 heterocycles. The van der Waals surface area contributed by atoms with Crippen LogP contribution in [0.3, 0.4) is 0 Å². The molecule has 1 aliphatic carbocycles. The molecule has 0 radical (unpaired) electrons. The maximum absolute atomic E-state index is 14.1. The van der Waals surface area contributed by atoms with Gasteiger partial charge in [0.2, 0.25) is 5.91 Å². The number of rotatable bonds is 2. The second kappa shape index (κ2) is 14.2. The summed E-state index contributed by atoms with van der Waals surface area (Å²) in [5.74, 6) is -2.54. The van der Waals surface area contributed by atoms with E-state index in [-0.39, 0.29) is 23.9 Å². The number of pyridine rings is 1. The highest BCUT2D eigenvalue weighted by Crippen LogP contribution is 2.41. The summed E-state index contributed by atoms with van der Waals surface area (Å²) in [5.41, 5.74) is 4.19. The summed E-state index contributed by atoms with van der Waals surface area (Å²) in [6, 6.07) is 7.66. The molecule has 12 heteroatoms. The number of hydrazine groups is 1. The minimum atomic E-state index is -1.15. The summed E-state index contributed by atoms with van der Waals surface area (Å²) >= 11 is 0. The Morgan fingerprint density at radius 2 is 1.70 bits per heavy atom. The lowest BCUT2D eigenvalue weighted by Gasteiger charge is -2.37. The predicted molar refractivity (Wildman–Crippen MR) is 174 cm³/mol. The second-order valence-electron chi connectivity index (χ2n) is 13.3. The highest BCUT2D eigenvalue weighted by atomic mass is 16.6. The lowest BCUT2D eigenvalue weighted by Crippen LogP contribution is -2.61. The van der Waals surface area contributed by atoms with Crippen LogP contribution in [-0.4, -0.2) is 70.5 Å². The number of hydrogen-bond acceptors (Lipinski definition) is 9. The molecule has 1 unspecified atom stereocenters. The molecule has 1 spiro atoms. The van der Waals surface area contributed by atoms with Crippen molar-refractivity contribution in [2.75, 3.05) is 6.54 Å². The van der Waals surface area contributed by atoms with E-state index >= 15 is 0 Å². The first kappa shape index (κ1) is 34.0. The molecule has 1 aromatic carbocycles. The molecule has 1 saturated heterocycles. The standard InChI is InChI=1S/C35H45N5O7/c1-20(2)30-32(43)37-22(4)33(44)40-18-6-7-28(39-40)31(42)36-21(3)27-11-10-25-9-8-24(19-29(25)38-27)12-15-35(34(45)47-30)16-13-26(14-17-35)46-23(5)41/h8-12,15,19-22,26,28,30,39H,6-7,13-14,16-18H2,1-5H3,(H,36,42)(H,37,43)/b15-12+/t21-,22+,26-,28+,30?,35+/m1/s1. The van der Waals surface area contributed by atoms with Gasteiger partial charge in [0.05, 0.1) is 22.7 Å². The number of nitrogens with zero attached hydrogens (tertiary/aromatic N) is 2. The molecular weight excluding hydrogens is 602 g/mol. The van der Waals surface area contributed by atoms with E-state index in [4.69, 9.17) is 14.5 Å². The van der Waals surface area contributed by atoms with Crippen molar-refractivity contribution in [1.29, 1.82) is 0 Å². The molecule has 2 aromatic rings. The van der Waals surface area contributed by atoms with Gasteiger partial charge in [-0.05, 0) is 76.0 Å². The van der Waals surface area contributed by atoms with Crippen LogP contribution in [0.2, 0.25) is 0 Å². The zero-order valence-corrected chi connectivity index (χ0v) is 27.7. The van der Waals surface area contributed by atoms with E-state index in [0.29, 0.717) is 50.8 Å². The first-order valence-corrected chi connectivity index (χ1v) is 16.5. The van der Waals surface area contributed by atoms with Crippen LogP contribution >= 0.6 is 0 Å². The Hall–Kier alpha value is -4.32. The number of fused-ring (bicyclic) bond motifs is 4. The smallest absolute Gasteiger partial charge is 0.316 e. The van der Waals surface area contributed by atoms with Crippen molar-refractivity contribution in [3.05, 3.63) is 47.7 Å². The average molecular weight is 648 g/mol. The molecule has 12 nitrogen and oxygen atoms in total. The quantitative estimate of drug-likeness (QED) is 0.415. The molecule has 47 heavy (non-hydrogen) atoms. The van der Waals surface area contributed by atoms with Crippen molar-refractivity contribution in [2.24, 2.45) is 11.3 Å². The van der Waals surface area contributed by atoms with Gasteiger partial charge in [-0.3, -0.25) is 34.0 Å². The maximum atomic E-state index is 14.1. The van der Waals surface area contributed by atoms with Crippen LogP contribution in [0.25, 0.3) is 17.0 Å². The second-order valence-corrected chi connectivity index (χ2v) is 13.3. The lowest BCUT2D eigenvalue weighted by molar-refractivity contribution is -0.169. The molecule has 1 aromatic heterocycles. The van der Waals surface area contributed by atoms with Crippen molar-refractivity contribution in [3.8, 4) is 0 Å². The number of ether oxygens (including phenoxy) is 2. The van der Waals surface area contributed by atoms with E-state index in [1.54, 1.807) is 20.8 Å². The normalized spacial score (nSPS) is 30.1. The molecule has 3 N–H and O–H groups in total. The van der Waals surface area contributed by atoms with Gasteiger partial charge in [0.15, 0.2) is 6.10 Å². The Morgan fingerprint density at radius 3 is 2.40 bits per heavy atom. The minimum absolute atomic E-state index is 0.253. The van der Waals surface area contributed by atoms with Gasteiger partial charge in [0.1, 0.15) is 18.2 Å². The van der Waals surface area contributed by atoms with Crippen molar-refractivity contribution >= 4 is 46.6 Å². The number of cyclic esters (lactones) is 1. The van der Waals surface area contributed by atoms with Gasteiger partial charge in [0, 0.05) is 18.9 Å². The zero-order valence-electron chi connectivity index (χ0n) is 27.7. The third kappa shape index (κ3) is 7.81. The van der Waals surface area contributed by atoms with Gasteiger partial charge in [-0.2, -0.15) is 0 Å². The SMILES string of the molecule is CC(=O)O[C@H]1CC[C@]2(/C=C/c3ccc4ccc(nc4c3)[C@@H](C)NC(=O)[C@@H]3CCCN(N3)C(=O)[C@H](C)NC(=O)C(C(C)C)OC2=O)CC1. The Kier molecular flexibility index (Phi) is 10.3. The molecule has 1 saturated carbocycles. The molecule has 5 rings (SSSR count). The molecular formula is C35H45N5O7. The molecule has 5 bridgehead atoms. The monoisotopic (exact) mass is 647 g/mol. The van der Waals surface area contributed by atoms with Gasteiger partial charge < -0.3 is 20.1 Å². The molecule has 2 aliphatic heterocycles. The first-order chi connectivity index (χ1) is 22.3. The molecule has 3 aliphatic rings. The Morgan fingerprint density at radius 1 is 1.00 bits per heavy atom. The van der Waals surface area contributed by atoms with E-state index in [9.17, 15) is 24.0 Å². The third-order valence-corrected chi connectivity index (χ3v) is 9.29. The van der Waals surface area contributed by atoms with Gasteiger partial charge in [-0.15, -0.1) is 0 Å². The summed E-state index contributed by atoms with van der Waals surface area (Å²) in [6.45, 7) is 8.72. The average Bonchev–Trinajstić information content (AvgIpc) is 3.05. The molecule has 252 valence electrons. The van der Waals surface area contributed by atoms with Gasteiger partial charge in [0.25, 0.3) is 11.8 Å². The third-order valence-electron chi connectivity index (χ3n) is 9.29. The van der Waals surface area contributed by atoms with E-state index in [2.05, 4.69) is 16.1 Å². The number of carbonyl (C=O) groups excluding carboxylic acids is 5. The maximum Gasteiger partial charge on any atom is 0.316 e. The van der Waals surface area contributed by atoms with Crippen molar-refractivity contribution < 1.29 is 33.4 Å². The number of nitrogens with one attached hydrogen (secondary N) is 3. The molecule has 3 amide bonds. The zero-order chi connectivity index (χ0) is 33.9. The summed E-state index contributed by atoms with van der Waals surface area (Å²) in [6.07, 6.45) is 5.00. The lowest BCUT2D eigenvalue weighted by atomic mass is 9.72. The van der Waals surface area contributed by atoms with Gasteiger partial charge in [-0.1, -0.05) is 44.2 Å². The van der Waals surface area contributed by atoms with Crippen molar-refractivity contribution in [3.63, 3.8) is 0 Å². The largest absolute Gasteiger partial charge is 0.463 e. The fraction of sp³-hybridized carbons (Fsp3) is 0.543. The number of hydrogen-bond donors (Lipinski definition) is 3. The summed E-state index contributed by atoms with van der Waals surface area (Å²) in [5, 5.41) is 8.05. The fourth-order valence-corrected chi connectivity index (χ4v) is 6.49. The minimum Gasteiger partial charge on any atom is -0.463 e. The number of benzene rings is 1. The van der Waals surface area contributed by atoms with Gasteiger partial charge in [-0.25, -0.2) is 5.43 Å². The van der Waals surface area contributed by atoms with Gasteiger partial charge >= 0.3 is 11.9 Å². The first-order valence-electron chi connectivity index (χ1n) is 16.5. The number of aromatic nitrogens is 1. The highest BCUT2D eigenvalue weighted by molar-refractivity contribution is 5.92. The van der Waals surface area contributed by atoms with E-state index in [0.717, 1.165) is 16.5 Å². The Bertz CT molecular complexity index is 1560. The topological polar surface area (TPSA) is 156 Å². The Labute approximate surface area is 275 Å². The van der Waals surface area contributed by atoms with Crippen molar-refractivity contribution in [2.45, 2.75) is 103 Å². The molecule has 4 atom stereocenters. The summed E-state index contributed by atoms with van der Waals surface area (Å²) < 4.78 is 11.4. The molecule has 2 fully saturated rings. The number of esters is 2. The van der Waals surface area contributed by atoms with Crippen molar-refractivity contribution in [1.82, 2.24) is 26.1 Å². The number of carbonyl (C=O) groups is 5. The van der Waals surface area contributed by atoms with Crippen LogP contribution in [0.5, 0.6) is 0 Å². The number of amides is 3. The van der Waals surface area contributed by atoms with Crippen LogP contribution in [-0.2, 0) is 33.4 Å². The highest BCUT2D eigenvalue weighted by Gasteiger charge is 2.44. The Balaban J connectivity index is 1.52. The summed E-state index contributed by atoms with van der Waals surface area (Å²) in [7, 11) is 0. The van der Waals surface area contributed by atoms with Crippen LogP contribution in [0.1, 0.15) is 90.4 Å². The van der Waals surface area contributed by atoms with Crippen LogP contribution in [0.4, 0.5) is 0 Å². The van der Waals surface area contributed by atoms with Crippen LogP contribution in [0.15, 0.2) is 36.4 Å². The summed E-state index contributed by atoms with van der Waals surface area (Å²) in [4.78, 5) is 70.7. The van der Waals surface area contributed by atoms with E-state index < -0.39 is 47.4 Å². The van der Waals surface area contributed by atoms with Crippen LogP contribution in [0, 0.1) is 11.3 Å². The predicted octanol–water partition coefficient (Wildman–Crippen LogP) is 3.50. The fourth-order valence-electron chi connectivity index (χ4n) is 6.49. The van der Waals surface area contributed by atoms with Crippen LogP contribution < -0.4 is 16.1 Å². The van der Waals surface area contributed by atoms with E-state index in [1.165, 1.54) is 11.9 Å². The van der Waals surface area contributed by atoms with E-state index in [1.807, 2.05) is 49.4 Å².